The highest BCUT2D eigenvalue weighted by molar-refractivity contribution is 5.45. The summed E-state index contributed by atoms with van der Waals surface area (Å²) >= 11 is 0. The molecule has 0 radical (unpaired) electrons. The van der Waals surface area contributed by atoms with E-state index in [4.69, 9.17) is 9.47 Å². The zero-order chi connectivity index (χ0) is 11.8. The van der Waals surface area contributed by atoms with E-state index in [9.17, 15) is 0 Å². The smallest absolute Gasteiger partial charge is 0.161 e. The normalized spacial score (nSPS) is 20.4. The molecule has 88 valence electrons. The molecule has 0 aromatic heterocycles. The number of benzene rings is 1. The monoisotopic (exact) mass is 220 g/mol. The fourth-order valence-electron chi connectivity index (χ4n) is 1.72. The van der Waals surface area contributed by atoms with Crippen LogP contribution in [-0.2, 0) is 5.41 Å². The first-order chi connectivity index (χ1) is 7.47. The molecule has 0 bridgehead atoms. The molecule has 1 aromatic rings. The molecule has 0 fully saturated rings. The third kappa shape index (κ3) is 2.31. The summed E-state index contributed by atoms with van der Waals surface area (Å²) in [6, 6.07) is 6.25. The Morgan fingerprint density at radius 3 is 2.31 bits per heavy atom. The van der Waals surface area contributed by atoms with Crippen molar-refractivity contribution in [1.82, 2.24) is 0 Å². The Hall–Kier alpha value is -1.18. The van der Waals surface area contributed by atoms with E-state index < -0.39 is 0 Å². The molecule has 0 spiro atoms. The second-order valence-corrected chi connectivity index (χ2v) is 5.64. The van der Waals surface area contributed by atoms with Gasteiger partial charge in [0.1, 0.15) is 0 Å². The minimum absolute atomic E-state index is 0.149. The third-order valence-corrected chi connectivity index (χ3v) is 2.86. The molecule has 2 nitrogen and oxygen atoms in total. The van der Waals surface area contributed by atoms with Gasteiger partial charge in [0.2, 0.25) is 0 Å². The Bertz CT molecular complexity index is 377. The molecule has 2 rings (SSSR count). The second-order valence-electron chi connectivity index (χ2n) is 5.64. The lowest BCUT2D eigenvalue weighted by Crippen LogP contribution is -2.12. The number of hydrogen-bond donors (Lipinski definition) is 0. The van der Waals surface area contributed by atoms with Gasteiger partial charge in [-0.25, -0.2) is 0 Å². The average Bonchev–Trinajstić information content (AvgIpc) is 2.39. The van der Waals surface area contributed by atoms with E-state index in [2.05, 4.69) is 39.8 Å². The van der Waals surface area contributed by atoms with Crippen LogP contribution in [0.15, 0.2) is 18.2 Å². The van der Waals surface area contributed by atoms with Gasteiger partial charge in [0.15, 0.2) is 11.5 Å². The van der Waals surface area contributed by atoms with Crippen LogP contribution in [0.3, 0.4) is 0 Å². The maximum atomic E-state index is 5.77. The van der Waals surface area contributed by atoms with Gasteiger partial charge in [0, 0.05) is 5.92 Å². The summed E-state index contributed by atoms with van der Waals surface area (Å²) in [5.41, 5.74) is 1.43. The first-order valence-corrected chi connectivity index (χ1v) is 5.87. The van der Waals surface area contributed by atoms with E-state index in [0.717, 1.165) is 24.7 Å². The van der Waals surface area contributed by atoms with Gasteiger partial charge in [-0.15, -0.1) is 0 Å². The highest BCUT2D eigenvalue weighted by Gasteiger charge is 2.19. The van der Waals surface area contributed by atoms with Gasteiger partial charge in [-0.1, -0.05) is 33.8 Å². The maximum Gasteiger partial charge on any atom is 0.161 e. The van der Waals surface area contributed by atoms with Crippen molar-refractivity contribution in [2.75, 3.05) is 13.2 Å². The summed E-state index contributed by atoms with van der Waals surface area (Å²) in [5.74, 6) is 2.21. The van der Waals surface area contributed by atoms with Crippen LogP contribution in [0, 0.1) is 5.92 Å². The maximum absolute atomic E-state index is 5.77. The molecule has 16 heavy (non-hydrogen) atoms. The summed E-state index contributed by atoms with van der Waals surface area (Å²) in [5, 5.41) is 0. The Kier molecular flexibility index (Phi) is 2.83. The fraction of sp³-hybridized carbons (Fsp3) is 0.571. The molecule has 1 aromatic carbocycles. The average molecular weight is 220 g/mol. The predicted octanol–water partition coefficient (Wildman–Crippen LogP) is 3.39. The van der Waals surface area contributed by atoms with Crippen molar-refractivity contribution in [3.05, 3.63) is 23.8 Å². The molecule has 0 saturated heterocycles. The van der Waals surface area contributed by atoms with Gasteiger partial charge in [-0.05, 0) is 23.1 Å². The van der Waals surface area contributed by atoms with Gasteiger partial charge in [-0.3, -0.25) is 0 Å². The molecule has 1 unspecified atom stereocenters. The molecule has 1 atom stereocenters. The summed E-state index contributed by atoms with van der Waals surface area (Å²) in [4.78, 5) is 0. The van der Waals surface area contributed by atoms with E-state index in [1.807, 2.05) is 6.07 Å². The largest absolute Gasteiger partial charge is 0.489 e. The van der Waals surface area contributed by atoms with Crippen LogP contribution in [0.1, 0.15) is 33.3 Å². The zero-order valence-electron chi connectivity index (χ0n) is 10.5. The van der Waals surface area contributed by atoms with E-state index in [1.54, 1.807) is 0 Å². The van der Waals surface area contributed by atoms with Crippen molar-refractivity contribution >= 4 is 0 Å². The Morgan fingerprint density at radius 2 is 1.69 bits per heavy atom. The number of ether oxygens (including phenoxy) is 2. The quantitative estimate of drug-likeness (QED) is 0.667. The standard InChI is InChI=1S/C14H20O2/c1-10-8-15-12-6-5-11(14(2,3)4)7-13(12)16-9-10/h5-7,10H,8-9H2,1-4H3. The van der Waals surface area contributed by atoms with Crippen molar-refractivity contribution < 1.29 is 9.47 Å². The Morgan fingerprint density at radius 1 is 1.06 bits per heavy atom. The van der Waals surface area contributed by atoms with Crippen molar-refractivity contribution in [2.24, 2.45) is 5.92 Å². The lowest BCUT2D eigenvalue weighted by Gasteiger charge is -2.20. The molecule has 1 aliphatic rings. The van der Waals surface area contributed by atoms with Gasteiger partial charge in [0.05, 0.1) is 13.2 Å². The van der Waals surface area contributed by atoms with E-state index in [1.165, 1.54) is 5.56 Å². The topological polar surface area (TPSA) is 18.5 Å². The Balaban J connectivity index is 2.32. The van der Waals surface area contributed by atoms with Crippen LogP contribution in [-0.4, -0.2) is 13.2 Å². The number of rotatable bonds is 0. The minimum Gasteiger partial charge on any atom is -0.489 e. The van der Waals surface area contributed by atoms with Crippen molar-refractivity contribution in [3.63, 3.8) is 0 Å². The lowest BCUT2D eigenvalue weighted by molar-refractivity contribution is 0.228. The second kappa shape index (κ2) is 4.00. The predicted molar refractivity (Wildman–Crippen MR) is 65.3 cm³/mol. The SMILES string of the molecule is CC1COc2ccc(C(C)(C)C)cc2OC1. The van der Waals surface area contributed by atoms with Crippen molar-refractivity contribution in [3.8, 4) is 11.5 Å². The fourth-order valence-corrected chi connectivity index (χ4v) is 1.72. The molecule has 0 amide bonds. The zero-order valence-corrected chi connectivity index (χ0v) is 10.5. The van der Waals surface area contributed by atoms with Gasteiger partial charge in [0.25, 0.3) is 0 Å². The lowest BCUT2D eigenvalue weighted by atomic mass is 9.87. The molecule has 0 N–H and O–H groups in total. The highest BCUT2D eigenvalue weighted by atomic mass is 16.5. The van der Waals surface area contributed by atoms with Gasteiger partial charge in [-0.2, -0.15) is 0 Å². The number of hydrogen-bond acceptors (Lipinski definition) is 2. The van der Waals surface area contributed by atoms with Crippen LogP contribution >= 0.6 is 0 Å². The van der Waals surface area contributed by atoms with Crippen LogP contribution in [0.2, 0.25) is 0 Å². The van der Waals surface area contributed by atoms with Gasteiger partial charge < -0.3 is 9.47 Å². The molecule has 2 heteroatoms. The molecule has 1 heterocycles. The molecule has 1 aliphatic heterocycles. The van der Waals surface area contributed by atoms with Gasteiger partial charge >= 0.3 is 0 Å². The van der Waals surface area contributed by atoms with E-state index in [0.29, 0.717) is 5.92 Å². The van der Waals surface area contributed by atoms with Crippen molar-refractivity contribution in [1.29, 1.82) is 0 Å². The molecule has 0 aliphatic carbocycles. The van der Waals surface area contributed by atoms with Crippen LogP contribution < -0.4 is 9.47 Å². The van der Waals surface area contributed by atoms with Crippen LogP contribution in [0.5, 0.6) is 11.5 Å². The summed E-state index contributed by atoms with van der Waals surface area (Å²) in [6.07, 6.45) is 0. The summed E-state index contributed by atoms with van der Waals surface area (Å²) in [6.45, 7) is 10.2. The number of fused-ring (bicyclic) bond motifs is 1. The van der Waals surface area contributed by atoms with Crippen LogP contribution in [0.25, 0.3) is 0 Å². The van der Waals surface area contributed by atoms with Crippen molar-refractivity contribution in [2.45, 2.75) is 33.1 Å². The van der Waals surface area contributed by atoms with Crippen LogP contribution in [0.4, 0.5) is 0 Å². The van der Waals surface area contributed by atoms with E-state index >= 15 is 0 Å². The minimum atomic E-state index is 0.149. The molecule has 0 saturated carbocycles. The summed E-state index contributed by atoms with van der Waals surface area (Å²) < 4.78 is 11.5. The third-order valence-electron chi connectivity index (χ3n) is 2.86. The molecular weight excluding hydrogens is 200 g/mol. The molecular formula is C14H20O2. The first-order valence-electron chi connectivity index (χ1n) is 5.87. The summed E-state index contributed by atoms with van der Waals surface area (Å²) in [7, 11) is 0. The Labute approximate surface area is 97.6 Å². The first kappa shape index (κ1) is 11.3. The van der Waals surface area contributed by atoms with E-state index in [-0.39, 0.29) is 5.41 Å². The highest BCUT2D eigenvalue weighted by Crippen LogP contribution is 2.35.